The molecule has 1 aliphatic rings. The van der Waals surface area contributed by atoms with Crippen molar-refractivity contribution in [1.29, 1.82) is 0 Å². The van der Waals surface area contributed by atoms with E-state index in [9.17, 15) is 22.8 Å². The van der Waals surface area contributed by atoms with Gasteiger partial charge in [-0.1, -0.05) is 18.2 Å². The Labute approximate surface area is 173 Å². The van der Waals surface area contributed by atoms with Crippen LogP contribution < -0.4 is 15.1 Å². The van der Waals surface area contributed by atoms with Gasteiger partial charge in [-0.05, 0) is 36.4 Å². The average Bonchev–Trinajstić information content (AvgIpc) is 3.37. The largest absolute Gasteiger partial charge is 0.425 e. The zero-order valence-electron chi connectivity index (χ0n) is 15.4. The maximum absolute atomic E-state index is 12.7. The Bertz CT molecular complexity index is 1070. The molecule has 1 saturated heterocycles. The molecule has 2 aromatic heterocycles. The van der Waals surface area contributed by atoms with Crippen LogP contribution in [0.3, 0.4) is 0 Å². The number of thiophene rings is 1. The van der Waals surface area contributed by atoms with Crippen molar-refractivity contribution in [1.82, 2.24) is 4.98 Å². The highest BCUT2D eigenvalue weighted by atomic mass is 32.1. The fourth-order valence-electron chi connectivity index (χ4n) is 3.02. The van der Waals surface area contributed by atoms with Crippen LogP contribution >= 0.6 is 11.3 Å². The van der Waals surface area contributed by atoms with Crippen molar-refractivity contribution >= 4 is 40.5 Å². The molecule has 3 amide bonds. The van der Waals surface area contributed by atoms with Crippen molar-refractivity contribution in [3.8, 4) is 0 Å². The van der Waals surface area contributed by atoms with Gasteiger partial charge in [-0.15, -0.1) is 11.3 Å². The Hall–Kier alpha value is -3.40. The summed E-state index contributed by atoms with van der Waals surface area (Å²) in [5.74, 6) is -0.232. The van der Waals surface area contributed by atoms with Crippen LogP contribution in [0.2, 0.25) is 0 Å². The number of hydrogen-bond acceptors (Lipinski definition) is 4. The van der Waals surface area contributed by atoms with Crippen molar-refractivity contribution in [3.05, 3.63) is 70.5 Å². The minimum atomic E-state index is -4.48. The Kier molecular flexibility index (Phi) is 5.17. The van der Waals surface area contributed by atoms with Crippen molar-refractivity contribution in [2.45, 2.75) is 6.18 Å². The van der Waals surface area contributed by atoms with Gasteiger partial charge in [0.1, 0.15) is 10.7 Å². The monoisotopic (exact) mass is 432 g/mol. The standard InChI is InChI=1S/C20H15F3N4O2S/c21-20(22,23)16-8-7-15(30-16)18(28)25-13-6-9-17(24-12-13)27-11-10-26(19(27)29)14-4-2-1-3-5-14/h1-9,12H,10-11H2,(H,25,28). The van der Waals surface area contributed by atoms with Gasteiger partial charge in [-0.2, -0.15) is 13.2 Å². The van der Waals surface area contributed by atoms with E-state index >= 15 is 0 Å². The number of hydrogen-bond donors (Lipinski definition) is 1. The summed E-state index contributed by atoms with van der Waals surface area (Å²) in [6.07, 6.45) is -3.12. The quantitative estimate of drug-likeness (QED) is 0.640. The highest BCUT2D eigenvalue weighted by molar-refractivity contribution is 7.14. The fourth-order valence-corrected chi connectivity index (χ4v) is 3.79. The number of urea groups is 1. The first kappa shape index (κ1) is 19.9. The third-order valence-electron chi connectivity index (χ3n) is 4.47. The molecule has 0 spiro atoms. The average molecular weight is 432 g/mol. The molecule has 10 heteroatoms. The predicted molar refractivity (Wildman–Crippen MR) is 108 cm³/mol. The van der Waals surface area contributed by atoms with Gasteiger partial charge in [0.25, 0.3) is 5.91 Å². The number of para-hydroxylation sites is 1. The Balaban J connectivity index is 1.43. The first-order chi connectivity index (χ1) is 14.3. The number of anilines is 3. The number of carbonyl (C=O) groups excluding carboxylic acids is 2. The number of carbonyl (C=O) groups is 2. The molecule has 1 aromatic carbocycles. The maximum atomic E-state index is 12.7. The topological polar surface area (TPSA) is 65.5 Å². The van der Waals surface area contributed by atoms with Gasteiger partial charge in [0.2, 0.25) is 0 Å². The second kappa shape index (κ2) is 7.79. The summed E-state index contributed by atoms with van der Waals surface area (Å²) in [4.78, 5) is 31.4. The van der Waals surface area contributed by atoms with Gasteiger partial charge in [0.05, 0.1) is 16.8 Å². The molecule has 1 aliphatic heterocycles. The lowest BCUT2D eigenvalue weighted by Gasteiger charge is -2.18. The van der Waals surface area contributed by atoms with Crippen LogP contribution in [-0.4, -0.2) is 30.0 Å². The van der Waals surface area contributed by atoms with Gasteiger partial charge < -0.3 is 5.32 Å². The lowest BCUT2D eigenvalue weighted by Crippen LogP contribution is -2.32. The van der Waals surface area contributed by atoms with E-state index in [1.807, 2.05) is 30.3 Å². The van der Waals surface area contributed by atoms with Crippen LogP contribution in [0.5, 0.6) is 0 Å². The zero-order valence-corrected chi connectivity index (χ0v) is 16.2. The van der Waals surface area contributed by atoms with Crippen LogP contribution in [-0.2, 0) is 6.18 Å². The molecule has 0 aliphatic carbocycles. The molecule has 4 rings (SSSR count). The molecule has 0 unspecified atom stereocenters. The highest BCUT2D eigenvalue weighted by Crippen LogP contribution is 2.34. The predicted octanol–water partition coefficient (Wildman–Crippen LogP) is 4.86. The maximum Gasteiger partial charge on any atom is 0.425 e. The number of pyridine rings is 1. The number of benzene rings is 1. The number of rotatable bonds is 4. The molecule has 30 heavy (non-hydrogen) atoms. The molecular weight excluding hydrogens is 417 g/mol. The molecule has 6 nitrogen and oxygen atoms in total. The Morgan fingerprint density at radius 1 is 1.00 bits per heavy atom. The third-order valence-corrected chi connectivity index (χ3v) is 5.60. The van der Waals surface area contributed by atoms with E-state index in [4.69, 9.17) is 0 Å². The number of alkyl halides is 3. The molecule has 1 fully saturated rings. The molecule has 0 radical (unpaired) electrons. The fraction of sp³-hybridized carbons (Fsp3) is 0.150. The van der Waals surface area contributed by atoms with E-state index in [-0.39, 0.29) is 10.9 Å². The molecular formula is C20H15F3N4O2S. The second-order valence-corrected chi connectivity index (χ2v) is 7.53. The zero-order chi connectivity index (χ0) is 21.3. The van der Waals surface area contributed by atoms with Crippen molar-refractivity contribution in [2.75, 3.05) is 28.2 Å². The van der Waals surface area contributed by atoms with Gasteiger partial charge in [-0.3, -0.25) is 14.6 Å². The van der Waals surface area contributed by atoms with Crippen LogP contribution in [0.4, 0.5) is 35.2 Å². The molecule has 3 aromatic rings. The van der Waals surface area contributed by atoms with Gasteiger partial charge in [0, 0.05) is 18.8 Å². The lowest BCUT2D eigenvalue weighted by atomic mass is 10.3. The van der Waals surface area contributed by atoms with Crippen LogP contribution in [0.15, 0.2) is 60.8 Å². The molecule has 0 atom stereocenters. The van der Waals surface area contributed by atoms with Gasteiger partial charge >= 0.3 is 12.2 Å². The summed E-state index contributed by atoms with van der Waals surface area (Å²) in [6, 6.07) is 14.2. The van der Waals surface area contributed by atoms with E-state index in [0.29, 0.717) is 35.9 Å². The number of halogens is 3. The first-order valence-corrected chi connectivity index (χ1v) is 9.73. The summed E-state index contributed by atoms with van der Waals surface area (Å²) in [6.45, 7) is 0.977. The Morgan fingerprint density at radius 3 is 2.37 bits per heavy atom. The van der Waals surface area contributed by atoms with E-state index < -0.39 is 17.0 Å². The molecule has 154 valence electrons. The smallest absolute Gasteiger partial charge is 0.320 e. The van der Waals surface area contributed by atoms with E-state index in [0.717, 1.165) is 17.8 Å². The van der Waals surface area contributed by atoms with Crippen LogP contribution in [0.25, 0.3) is 0 Å². The van der Waals surface area contributed by atoms with Gasteiger partial charge in [0.15, 0.2) is 0 Å². The highest BCUT2D eigenvalue weighted by Gasteiger charge is 2.33. The second-order valence-electron chi connectivity index (χ2n) is 6.44. The van der Waals surface area contributed by atoms with Crippen LogP contribution in [0, 0.1) is 0 Å². The van der Waals surface area contributed by atoms with Crippen LogP contribution in [0.1, 0.15) is 14.5 Å². The Morgan fingerprint density at radius 2 is 1.73 bits per heavy atom. The van der Waals surface area contributed by atoms with E-state index in [2.05, 4.69) is 10.3 Å². The number of amides is 3. The third kappa shape index (κ3) is 3.99. The normalized spacial score (nSPS) is 14.3. The van der Waals surface area contributed by atoms with Crippen molar-refractivity contribution < 1.29 is 22.8 Å². The SMILES string of the molecule is O=C(Nc1ccc(N2CCN(c3ccccc3)C2=O)nc1)c1ccc(C(F)(F)F)s1. The summed E-state index contributed by atoms with van der Waals surface area (Å²) in [7, 11) is 0. The summed E-state index contributed by atoms with van der Waals surface area (Å²) < 4.78 is 38.1. The molecule has 0 saturated carbocycles. The summed E-state index contributed by atoms with van der Waals surface area (Å²) in [5, 5.41) is 2.51. The van der Waals surface area contributed by atoms with Crippen molar-refractivity contribution in [3.63, 3.8) is 0 Å². The summed E-state index contributed by atoms with van der Waals surface area (Å²) >= 11 is 0.373. The lowest BCUT2D eigenvalue weighted by molar-refractivity contribution is -0.134. The summed E-state index contributed by atoms with van der Waals surface area (Å²) in [5.41, 5.74) is 1.11. The molecule has 3 heterocycles. The van der Waals surface area contributed by atoms with E-state index in [1.165, 1.54) is 11.1 Å². The number of nitrogens with one attached hydrogen (secondary N) is 1. The van der Waals surface area contributed by atoms with E-state index in [1.54, 1.807) is 17.0 Å². The minimum absolute atomic E-state index is 0.0559. The number of nitrogens with zero attached hydrogens (tertiary/aromatic N) is 3. The number of aromatic nitrogens is 1. The van der Waals surface area contributed by atoms with Gasteiger partial charge in [-0.25, -0.2) is 9.78 Å². The molecule has 1 N–H and O–H groups in total. The van der Waals surface area contributed by atoms with Crippen molar-refractivity contribution in [2.24, 2.45) is 0 Å². The molecule has 0 bridgehead atoms. The first-order valence-electron chi connectivity index (χ1n) is 8.91. The minimum Gasteiger partial charge on any atom is -0.320 e.